The van der Waals surface area contributed by atoms with Crippen molar-refractivity contribution in [1.29, 1.82) is 0 Å². The van der Waals surface area contributed by atoms with Crippen LogP contribution in [0.3, 0.4) is 0 Å². The molecule has 2 aliphatic rings. The minimum Gasteiger partial charge on any atom is -0.619 e. The highest BCUT2D eigenvalue weighted by atomic mass is 35.5. The van der Waals surface area contributed by atoms with Crippen molar-refractivity contribution in [3.8, 4) is 11.5 Å². The highest BCUT2D eigenvalue weighted by molar-refractivity contribution is 7.92. The van der Waals surface area contributed by atoms with Gasteiger partial charge in [-0.1, -0.05) is 29.3 Å². The molecule has 1 atom stereocenters. The van der Waals surface area contributed by atoms with Crippen LogP contribution in [0.5, 0.6) is 11.5 Å². The number of nitrogens with zero attached hydrogens (tertiary/aromatic N) is 3. The van der Waals surface area contributed by atoms with Crippen LogP contribution < -0.4 is 18.9 Å². The number of rotatable bonds is 17. The molecule has 3 heterocycles. The molecule has 6 rings (SSSR count). The molecule has 0 unspecified atom stereocenters. The Kier molecular flexibility index (Phi) is 12.3. The fourth-order valence-electron chi connectivity index (χ4n) is 5.93. The van der Waals surface area contributed by atoms with Crippen LogP contribution in [-0.4, -0.2) is 75.7 Å². The number of nitrogens with one attached hydrogen (secondary N) is 1. The Morgan fingerprint density at radius 2 is 1.81 bits per heavy atom. The average molecular weight is 784 g/mol. The molecule has 1 N–H and O–H groups in total. The van der Waals surface area contributed by atoms with Gasteiger partial charge in [-0.2, -0.15) is 13.5 Å². The maximum Gasteiger partial charge on any atom is 0.387 e. The largest absolute Gasteiger partial charge is 0.619 e. The molecule has 12 nitrogen and oxygen atoms in total. The number of carbonyl (C=O) groups is 1. The zero-order valence-corrected chi connectivity index (χ0v) is 30.3. The van der Waals surface area contributed by atoms with E-state index in [0.29, 0.717) is 71.2 Å². The molecule has 1 aliphatic heterocycles. The lowest BCUT2D eigenvalue weighted by atomic mass is 10.0. The number of anilines is 1. The number of halogens is 4. The number of hydrogen-bond acceptors (Lipinski definition) is 9. The first-order valence-corrected chi connectivity index (χ1v) is 19.2. The number of morpholine rings is 1. The first-order chi connectivity index (χ1) is 24.9. The van der Waals surface area contributed by atoms with Gasteiger partial charge in [0.1, 0.15) is 22.7 Å². The van der Waals surface area contributed by atoms with Crippen LogP contribution in [0.25, 0.3) is 10.9 Å². The number of hydrogen-bond donors (Lipinski definition) is 1. The van der Waals surface area contributed by atoms with Crippen LogP contribution in [0.2, 0.25) is 10.0 Å². The summed E-state index contributed by atoms with van der Waals surface area (Å²) in [6, 6.07) is 11.1. The van der Waals surface area contributed by atoms with Crippen molar-refractivity contribution in [3.05, 3.63) is 87.4 Å². The zero-order chi connectivity index (χ0) is 36.8. The molecule has 17 heteroatoms. The van der Waals surface area contributed by atoms with Crippen LogP contribution in [0, 0.1) is 11.1 Å². The molecule has 4 aromatic rings. The zero-order valence-electron chi connectivity index (χ0n) is 28.0. The van der Waals surface area contributed by atoms with E-state index in [9.17, 15) is 27.2 Å². The van der Waals surface area contributed by atoms with Crippen molar-refractivity contribution in [2.75, 3.05) is 49.9 Å². The first-order valence-electron chi connectivity index (χ1n) is 16.8. The number of fused-ring (bicyclic) bond motifs is 1. The maximum atomic E-state index is 13.5. The summed E-state index contributed by atoms with van der Waals surface area (Å²) < 4.78 is 78.6. The quantitative estimate of drug-likeness (QED) is 0.0782. The molecule has 0 spiro atoms. The van der Waals surface area contributed by atoms with E-state index in [4.69, 9.17) is 37.4 Å². The third-order valence-electron chi connectivity index (χ3n) is 8.78. The molecule has 2 aromatic heterocycles. The summed E-state index contributed by atoms with van der Waals surface area (Å²) in [6.45, 7) is 0.550. The average Bonchev–Trinajstić information content (AvgIpc) is 3.84. The Morgan fingerprint density at radius 1 is 1.06 bits per heavy atom. The Balaban J connectivity index is 1.17. The minimum atomic E-state index is -3.59. The van der Waals surface area contributed by atoms with Crippen LogP contribution in [0.15, 0.2) is 61.1 Å². The molecular formula is C35H38Cl2F2N4O8S. The molecule has 1 saturated heterocycles. The molecule has 280 valence electrons. The van der Waals surface area contributed by atoms with E-state index in [2.05, 4.69) is 14.4 Å². The van der Waals surface area contributed by atoms with Gasteiger partial charge in [0.05, 0.1) is 25.6 Å². The molecule has 2 fully saturated rings. The van der Waals surface area contributed by atoms with Crippen LogP contribution in [0.4, 0.5) is 14.5 Å². The summed E-state index contributed by atoms with van der Waals surface area (Å²) >= 11 is 12.7. The third kappa shape index (κ3) is 10.4. The van der Waals surface area contributed by atoms with E-state index in [1.807, 2.05) is 0 Å². The van der Waals surface area contributed by atoms with Gasteiger partial charge in [0.2, 0.25) is 10.0 Å². The first kappa shape index (κ1) is 37.9. The molecule has 1 saturated carbocycles. The second-order valence-corrected chi connectivity index (χ2v) is 15.4. The van der Waals surface area contributed by atoms with Crippen molar-refractivity contribution >= 4 is 55.8 Å². The second kappa shape index (κ2) is 16.8. The van der Waals surface area contributed by atoms with Gasteiger partial charge in [-0.15, -0.1) is 0 Å². The summed E-state index contributed by atoms with van der Waals surface area (Å²) in [6.07, 6.45) is 5.27. The summed E-state index contributed by atoms with van der Waals surface area (Å²) in [5, 5.41) is 12.7. The van der Waals surface area contributed by atoms with Gasteiger partial charge in [0.25, 0.3) is 0 Å². The monoisotopic (exact) mass is 782 g/mol. The molecule has 0 bridgehead atoms. The van der Waals surface area contributed by atoms with E-state index in [-0.39, 0.29) is 40.3 Å². The van der Waals surface area contributed by atoms with Gasteiger partial charge in [-0.25, -0.2) is 8.42 Å². The standard InChI is InChI=1S/C35H38Cl2F2N4O8S/c36-28-19-43(45)20-29(37)27(28)18-32(25-4-7-31(51-35(38)39)33(17-25)49-22-23-2-3-23)50-34(44)21-42-10-8-24-16-26(5-6-30(24)42)40-52(46,47)15-1-9-41-11-13-48-14-12-41/h4-8,10,16-17,19-20,23,32,35,40H,1-3,9,11-15,18,21-22H2/t32-/m0/s1. The molecule has 0 amide bonds. The number of esters is 1. The Bertz CT molecular complexity index is 1970. The highest BCUT2D eigenvalue weighted by Gasteiger charge is 2.27. The lowest BCUT2D eigenvalue weighted by Gasteiger charge is -2.26. The molecule has 2 aromatic carbocycles. The maximum absolute atomic E-state index is 13.5. The van der Waals surface area contributed by atoms with E-state index in [0.717, 1.165) is 38.3 Å². The SMILES string of the molecule is O=C(Cn1ccc2cc(NS(=O)(=O)CCCN3CCOCC3)ccc21)O[C@@H](Cc1c(Cl)c[n+]([O-])cc1Cl)c1ccc(OC(F)F)c(OCC2CC2)c1. The number of aromatic nitrogens is 2. The number of ether oxygens (including phenoxy) is 4. The van der Waals surface area contributed by atoms with Gasteiger partial charge in [-0.05, 0) is 73.7 Å². The lowest BCUT2D eigenvalue weighted by Crippen LogP contribution is -2.37. The summed E-state index contributed by atoms with van der Waals surface area (Å²) in [5.74, 6) is -0.462. The van der Waals surface area contributed by atoms with Gasteiger partial charge in [0.15, 0.2) is 23.9 Å². The van der Waals surface area contributed by atoms with E-state index in [1.54, 1.807) is 35.0 Å². The predicted octanol–water partition coefficient (Wildman–Crippen LogP) is 5.96. The van der Waals surface area contributed by atoms with Crippen molar-refractivity contribution in [2.24, 2.45) is 5.92 Å². The fraction of sp³-hybridized carbons (Fsp3) is 0.429. The second-order valence-electron chi connectivity index (χ2n) is 12.8. The molecule has 52 heavy (non-hydrogen) atoms. The van der Waals surface area contributed by atoms with Crippen molar-refractivity contribution in [3.63, 3.8) is 0 Å². The number of pyridine rings is 1. The number of carbonyl (C=O) groups excluding carboxylic acids is 1. The van der Waals surface area contributed by atoms with E-state index < -0.39 is 28.7 Å². The smallest absolute Gasteiger partial charge is 0.387 e. The number of sulfonamides is 1. The predicted molar refractivity (Wildman–Crippen MR) is 190 cm³/mol. The Hall–Kier alpha value is -3.89. The fourth-order valence-corrected chi connectivity index (χ4v) is 7.63. The van der Waals surface area contributed by atoms with Crippen molar-refractivity contribution < 1.29 is 45.7 Å². The van der Waals surface area contributed by atoms with Crippen LogP contribution >= 0.6 is 23.2 Å². The summed E-state index contributed by atoms with van der Waals surface area (Å²) in [5.41, 5.74) is 1.78. The number of benzene rings is 2. The Morgan fingerprint density at radius 3 is 2.52 bits per heavy atom. The summed E-state index contributed by atoms with van der Waals surface area (Å²) in [4.78, 5) is 15.7. The molecule has 1 aliphatic carbocycles. The third-order valence-corrected chi connectivity index (χ3v) is 10.8. The van der Waals surface area contributed by atoms with E-state index in [1.165, 1.54) is 18.2 Å². The van der Waals surface area contributed by atoms with Crippen LogP contribution in [-0.2, 0) is 37.3 Å². The molecular weight excluding hydrogens is 745 g/mol. The lowest BCUT2D eigenvalue weighted by molar-refractivity contribution is -0.605. The van der Waals surface area contributed by atoms with Crippen molar-refractivity contribution in [1.82, 2.24) is 9.47 Å². The van der Waals surface area contributed by atoms with Gasteiger partial charge >= 0.3 is 12.6 Å². The van der Waals surface area contributed by atoms with Crippen LogP contribution in [0.1, 0.15) is 36.5 Å². The van der Waals surface area contributed by atoms with Gasteiger partial charge in [0, 0.05) is 47.9 Å². The van der Waals surface area contributed by atoms with Gasteiger partial charge in [-0.3, -0.25) is 14.4 Å². The summed E-state index contributed by atoms with van der Waals surface area (Å²) in [7, 11) is -3.59. The minimum absolute atomic E-state index is 0.0250. The Labute approximate surface area is 309 Å². The highest BCUT2D eigenvalue weighted by Crippen LogP contribution is 2.38. The topological polar surface area (TPSA) is 135 Å². The number of alkyl halides is 2. The normalized spacial score (nSPS) is 15.9. The molecule has 0 radical (unpaired) electrons. The van der Waals surface area contributed by atoms with E-state index >= 15 is 0 Å². The van der Waals surface area contributed by atoms with Crippen molar-refractivity contribution in [2.45, 2.75) is 44.9 Å². The van der Waals surface area contributed by atoms with Gasteiger partial charge < -0.3 is 28.7 Å².